The normalized spacial score (nSPS) is 14.9. The molecule has 1 aromatic carbocycles. The van der Waals surface area contributed by atoms with Crippen molar-refractivity contribution in [2.45, 2.75) is 32.1 Å². The van der Waals surface area contributed by atoms with Crippen molar-refractivity contribution in [3.63, 3.8) is 0 Å². The van der Waals surface area contributed by atoms with Crippen molar-refractivity contribution in [3.8, 4) is 11.4 Å². The van der Waals surface area contributed by atoms with Gasteiger partial charge in [-0.15, -0.1) is 0 Å². The molecule has 2 N–H and O–H groups in total. The van der Waals surface area contributed by atoms with E-state index in [1.165, 1.54) is 18.2 Å². The SMILES string of the molecule is O=C(NCC1CC1)c1cnccc1Nc1nc(-c2cc(Cl)ccc2F)nc2c1CCC2. The highest BCUT2D eigenvalue weighted by Gasteiger charge is 2.24. The van der Waals surface area contributed by atoms with Crippen molar-refractivity contribution in [2.24, 2.45) is 5.92 Å². The Morgan fingerprint density at radius 2 is 2.06 bits per heavy atom. The number of aryl methyl sites for hydroxylation is 1. The first-order valence-corrected chi connectivity index (χ1v) is 10.8. The van der Waals surface area contributed by atoms with Crippen LogP contribution in [0.15, 0.2) is 36.7 Å². The van der Waals surface area contributed by atoms with Crippen LogP contribution in [0.5, 0.6) is 0 Å². The van der Waals surface area contributed by atoms with Crippen molar-refractivity contribution in [1.82, 2.24) is 20.3 Å². The van der Waals surface area contributed by atoms with Crippen LogP contribution in [0, 0.1) is 11.7 Å². The monoisotopic (exact) mass is 437 g/mol. The number of aromatic nitrogens is 3. The first-order valence-electron chi connectivity index (χ1n) is 10.4. The maximum Gasteiger partial charge on any atom is 0.254 e. The fraction of sp³-hybridized carbons (Fsp3) is 0.304. The molecule has 0 bridgehead atoms. The molecule has 1 amide bonds. The van der Waals surface area contributed by atoms with Gasteiger partial charge in [-0.05, 0) is 62.3 Å². The third-order valence-corrected chi connectivity index (χ3v) is 5.90. The molecule has 8 heteroatoms. The molecule has 0 spiro atoms. The molecule has 1 fully saturated rings. The Labute approximate surface area is 184 Å². The number of amides is 1. The lowest BCUT2D eigenvalue weighted by Gasteiger charge is -2.15. The molecule has 5 rings (SSSR count). The van der Waals surface area contributed by atoms with Crippen LogP contribution >= 0.6 is 11.6 Å². The number of benzene rings is 1. The summed E-state index contributed by atoms with van der Waals surface area (Å²) in [6.07, 6.45) is 8.06. The minimum Gasteiger partial charge on any atom is -0.352 e. The molecule has 6 nitrogen and oxygen atoms in total. The average Bonchev–Trinajstić information content (AvgIpc) is 3.48. The Morgan fingerprint density at radius 1 is 1.19 bits per heavy atom. The first kappa shape index (κ1) is 19.9. The van der Waals surface area contributed by atoms with E-state index in [0.29, 0.717) is 34.6 Å². The molecule has 31 heavy (non-hydrogen) atoms. The van der Waals surface area contributed by atoms with Gasteiger partial charge in [0.05, 0.1) is 16.8 Å². The number of hydrogen-bond donors (Lipinski definition) is 2. The highest BCUT2D eigenvalue weighted by atomic mass is 35.5. The zero-order chi connectivity index (χ0) is 21.4. The summed E-state index contributed by atoms with van der Waals surface area (Å²) < 4.78 is 14.5. The first-order chi connectivity index (χ1) is 15.1. The Kier molecular flexibility index (Phi) is 5.28. The molecular weight excluding hydrogens is 417 g/mol. The lowest BCUT2D eigenvalue weighted by Crippen LogP contribution is -2.26. The summed E-state index contributed by atoms with van der Waals surface area (Å²) in [4.78, 5) is 26.0. The van der Waals surface area contributed by atoms with Gasteiger partial charge < -0.3 is 10.6 Å². The fourth-order valence-electron chi connectivity index (χ4n) is 3.79. The lowest BCUT2D eigenvalue weighted by molar-refractivity contribution is 0.0952. The molecule has 0 aliphatic heterocycles. The topological polar surface area (TPSA) is 79.8 Å². The van der Waals surface area contributed by atoms with E-state index in [1.54, 1.807) is 18.5 Å². The van der Waals surface area contributed by atoms with Crippen LogP contribution in [-0.4, -0.2) is 27.4 Å². The Balaban J connectivity index is 1.50. The van der Waals surface area contributed by atoms with Crippen LogP contribution in [0.25, 0.3) is 11.4 Å². The van der Waals surface area contributed by atoms with Gasteiger partial charge in [0.2, 0.25) is 0 Å². The van der Waals surface area contributed by atoms with Gasteiger partial charge in [-0.1, -0.05) is 11.6 Å². The Bertz CT molecular complexity index is 1160. The van der Waals surface area contributed by atoms with Crippen molar-refractivity contribution in [2.75, 3.05) is 11.9 Å². The van der Waals surface area contributed by atoms with E-state index < -0.39 is 5.82 Å². The predicted molar refractivity (Wildman–Crippen MR) is 117 cm³/mol. The summed E-state index contributed by atoms with van der Waals surface area (Å²) in [7, 11) is 0. The number of nitrogens with zero attached hydrogens (tertiary/aromatic N) is 3. The smallest absolute Gasteiger partial charge is 0.254 e. The van der Waals surface area contributed by atoms with E-state index in [2.05, 4.69) is 25.6 Å². The van der Waals surface area contributed by atoms with Gasteiger partial charge in [-0.25, -0.2) is 14.4 Å². The number of nitrogens with one attached hydrogen (secondary N) is 2. The predicted octanol–water partition coefficient (Wildman–Crippen LogP) is 4.70. The molecule has 3 aromatic rings. The second kappa shape index (κ2) is 8.23. The quantitative estimate of drug-likeness (QED) is 0.584. The molecule has 2 heterocycles. The number of anilines is 2. The molecule has 2 aromatic heterocycles. The van der Waals surface area contributed by atoms with Crippen LogP contribution in [0.3, 0.4) is 0 Å². The third kappa shape index (κ3) is 4.23. The molecule has 0 atom stereocenters. The van der Waals surface area contributed by atoms with Crippen molar-refractivity contribution >= 4 is 29.0 Å². The zero-order valence-electron chi connectivity index (χ0n) is 16.8. The van der Waals surface area contributed by atoms with E-state index in [0.717, 1.165) is 43.4 Å². The number of halogens is 2. The van der Waals surface area contributed by atoms with E-state index in [-0.39, 0.29) is 17.3 Å². The van der Waals surface area contributed by atoms with Crippen molar-refractivity contribution in [3.05, 3.63) is 64.3 Å². The standard InChI is InChI=1S/C23H21ClFN5O/c24-14-6-7-18(25)16(10-14)22-28-19-3-1-2-15(19)21(30-22)29-20-8-9-26-12-17(20)23(31)27-11-13-4-5-13/h6-10,12-13H,1-5,11H2,(H,27,31)(H,26,28,29,30). The maximum atomic E-state index is 14.5. The molecule has 2 aliphatic carbocycles. The molecule has 0 radical (unpaired) electrons. The molecule has 0 saturated heterocycles. The summed E-state index contributed by atoms with van der Waals surface area (Å²) in [5.41, 5.74) is 3.19. The van der Waals surface area contributed by atoms with Crippen LogP contribution in [0.4, 0.5) is 15.9 Å². The second-order valence-corrected chi connectivity index (χ2v) is 8.43. The molecule has 2 aliphatic rings. The van der Waals surface area contributed by atoms with Gasteiger partial charge in [0.15, 0.2) is 5.82 Å². The van der Waals surface area contributed by atoms with Gasteiger partial charge in [-0.2, -0.15) is 0 Å². The fourth-order valence-corrected chi connectivity index (χ4v) is 3.96. The number of carbonyl (C=O) groups excluding carboxylic acids is 1. The molecule has 1 saturated carbocycles. The molecule has 158 valence electrons. The number of hydrogen-bond acceptors (Lipinski definition) is 5. The minimum absolute atomic E-state index is 0.172. The van der Waals surface area contributed by atoms with Crippen molar-refractivity contribution in [1.29, 1.82) is 0 Å². The number of fused-ring (bicyclic) bond motifs is 1. The van der Waals surface area contributed by atoms with Crippen molar-refractivity contribution < 1.29 is 9.18 Å². The van der Waals surface area contributed by atoms with Crippen LogP contribution in [-0.2, 0) is 12.8 Å². The third-order valence-electron chi connectivity index (χ3n) is 5.67. The van der Waals surface area contributed by atoms with Gasteiger partial charge in [-0.3, -0.25) is 9.78 Å². The van der Waals surface area contributed by atoms with E-state index in [1.807, 2.05) is 0 Å². The second-order valence-electron chi connectivity index (χ2n) is 8.00. The van der Waals surface area contributed by atoms with Crippen LogP contribution in [0.2, 0.25) is 5.02 Å². The average molecular weight is 438 g/mol. The minimum atomic E-state index is -0.433. The molecule has 0 unspecified atom stereocenters. The lowest BCUT2D eigenvalue weighted by atomic mass is 10.1. The molecular formula is C23H21ClFN5O. The largest absolute Gasteiger partial charge is 0.352 e. The number of pyridine rings is 1. The maximum absolute atomic E-state index is 14.5. The van der Waals surface area contributed by atoms with Gasteiger partial charge >= 0.3 is 0 Å². The summed E-state index contributed by atoms with van der Waals surface area (Å²) in [5.74, 6) is 0.834. The summed E-state index contributed by atoms with van der Waals surface area (Å²) in [6.45, 7) is 0.675. The van der Waals surface area contributed by atoms with Crippen LogP contribution < -0.4 is 10.6 Å². The summed E-state index contributed by atoms with van der Waals surface area (Å²) in [5, 5.41) is 6.68. The Morgan fingerprint density at radius 3 is 2.90 bits per heavy atom. The van der Waals surface area contributed by atoms with Gasteiger partial charge in [0, 0.05) is 35.2 Å². The van der Waals surface area contributed by atoms with E-state index >= 15 is 0 Å². The highest BCUT2D eigenvalue weighted by Crippen LogP contribution is 2.33. The highest BCUT2D eigenvalue weighted by molar-refractivity contribution is 6.30. The number of carbonyl (C=O) groups is 1. The Hall–Kier alpha value is -3.06. The van der Waals surface area contributed by atoms with E-state index in [4.69, 9.17) is 11.6 Å². The van der Waals surface area contributed by atoms with Gasteiger partial charge in [0.1, 0.15) is 11.6 Å². The zero-order valence-corrected chi connectivity index (χ0v) is 17.5. The van der Waals surface area contributed by atoms with Crippen LogP contribution in [0.1, 0.15) is 40.9 Å². The summed E-state index contributed by atoms with van der Waals surface area (Å²) >= 11 is 6.08. The van der Waals surface area contributed by atoms with E-state index in [9.17, 15) is 9.18 Å². The number of rotatable bonds is 6. The van der Waals surface area contributed by atoms with Gasteiger partial charge in [0.25, 0.3) is 5.91 Å². The summed E-state index contributed by atoms with van der Waals surface area (Å²) in [6, 6.07) is 6.08.